The first-order chi connectivity index (χ1) is 14.3. The van der Waals surface area contributed by atoms with Crippen molar-refractivity contribution in [3.8, 4) is 11.5 Å². The Labute approximate surface area is 184 Å². The van der Waals surface area contributed by atoms with Gasteiger partial charge in [-0.1, -0.05) is 24.9 Å². The van der Waals surface area contributed by atoms with Crippen molar-refractivity contribution in [3.05, 3.63) is 50.2 Å². The first kappa shape index (κ1) is 22.2. The highest BCUT2D eigenvalue weighted by atomic mass is 35.5. The van der Waals surface area contributed by atoms with Crippen molar-refractivity contribution in [1.82, 2.24) is 4.90 Å². The fraction of sp³-hybridized carbons (Fsp3) is 0.364. The van der Waals surface area contributed by atoms with Crippen molar-refractivity contribution >= 4 is 40.4 Å². The summed E-state index contributed by atoms with van der Waals surface area (Å²) in [6.45, 7) is 4.38. The Balaban J connectivity index is 2.25. The summed E-state index contributed by atoms with van der Waals surface area (Å²) in [7, 11) is 2.89. The molecule has 2 heterocycles. The number of aliphatic hydroxyl groups excluding tert-OH is 1. The molecule has 160 valence electrons. The molecule has 6 nitrogen and oxygen atoms in total. The maximum Gasteiger partial charge on any atom is 0.295 e. The number of ketones is 1. The molecule has 0 bridgehead atoms. The summed E-state index contributed by atoms with van der Waals surface area (Å²) < 4.78 is 10.6. The van der Waals surface area contributed by atoms with E-state index in [1.54, 1.807) is 4.90 Å². The highest BCUT2D eigenvalue weighted by Gasteiger charge is 2.47. The third kappa shape index (κ3) is 3.79. The van der Waals surface area contributed by atoms with E-state index in [-0.39, 0.29) is 22.6 Å². The number of rotatable bonds is 7. The van der Waals surface area contributed by atoms with E-state index in [0.29, 0.717) is 17.3 Å². The number of hydrogen-bond donors (Lipinski definition) is 1. The molecule has 1 saturated heterocycles. The van der Waals surface area contributed by atoms with Gasteiger partial charge in [-0.3, -0.25) is 9.59 Å². The van der Waals surface area contributed by atoms with Crippen molar-refractivity contribution in [1.29, 1.82) is 0 Å². The van der Waals surface area contributed by atoms with Gasteiger partial charge < -0.3 is 19.5 Å². The van der Waals surface area contributed by atoms with E-state index in [4.69, 9.17) is 21.1 Å². The molecule has 0 aliphatic carbocycles. The van der Waals surface area contributed by atoms with Crippen LogP contribution in [0.2, 0.25) is 5.02 Å². The van der Waals surface area contributed by atoms with Crippen LogP contribution in [0, 0.1) is 6.92 Å². The number of benzene rings is 1. The second-order valence-corrected chi connectivity index (χ2v) is 8.36. The molecule has 1 atom stereocenters. The van der Waals surface area contributed by atoms with Gasteiger partial charge in [0.25, 0.3) is 11.7 Å². The number of halogens is 1. The summed E-state index contributed by atoms with van der Waals surface area (Å²) in [5, 5.41) is 13.5. The van der Waals surface area contributed by atoms with E-state index in [0.717, 1.165) is 23.3 Å². The molecule has 1 amide bonds. The van der Waals surface area contributed by atoms with Gasteiger partial charge in [-0.05, 0) is 36.4 Å². The molecule has 1 aromatic heterocycles. The van der Waals surface area contributed by atoms with Crippen LogP contribution in [-0.4, -0.2) is 42.5 Å². The SMILES string of the molecule is CCCCN1C(=O)C(=O)/C(=C(/O)c2cc(OC)c(Cl)cc2OC)C1c1sccc1C. The summed E-state index contributed by atoms with van der Waals surface area (Å²) in [4.78, 5) is 28.3. The zero-order valence-electron chi connectivity index (χ0n) is 17.3. The molecule has 1 aliphatic heterocycles. The molecule has 3 rings (SSSR count). The monoisotopic (exact) mass is 449 g/mol. The molecule has 1 aliphatic rings. The molecule has 0 saturated carbocycles. The lowest BCUT2D eigenvalue weighted by molar-refractivity contribution is -0.139. The Morgan fingerprint density at radius 2 is 1.93 bits per heavy atom. The summed E-state index contributed by atoms with van der Waals surface area (Å²) >= 11 is 7.63. The number of thiophene rings is 1. The number of unbranched alkanes of at least 4 members (excludes halogenated alkanes) is 1. The van der Waals surface area contributed by atoms with Gasteiger partial charge >= 0.3 is 0 Å². The van der Waals surface area contributed by atoms with Gasteiger partial charge in [0.1, 0.15) is 17.3 Å². The average Bonchev–Trinajstić information content (AvgIpc) is 3.26. The summed E-state index contributed by atoms with van der Waals surface area (Å²) in [5.74, 6) is -1.03. The van der Waals surface area contributed by atoms with E-state index in [1.807, 2.05) is 25.3 Å². The van der Waals surface area contributed by atoms with Crippen molar-refractivity contribution in [2.24, 2.45) is 0 Å². The molecule has 1 N–H and O–H groups in total. The smallest absolute Gasteiger partial charge is 0.295 e. The van der Waals surface area contributed by atoms with Crippen LogP contribution >= 0.6 is 22.9 Å². The van der Waals surface area contributed by atoms with E-state index in [1.165, 1.54) is 37.7 Å². The number of ether oxygens (including phenoxy) is 2. The molecule has 0 radical (unpaired) electrons. The first-order valence-electron chi connectivity index (χ1n) is 9.59. The van der Waals surface area contributed by atoms with Crippen LogP contribution in [0.1, 0.15) is 41.8 Å². The second kappa shape index (κ2) is 9.10. The predicted molar refractivity (Wildman–Crippen MR) is 118 cm³/mol. The van der Waals surface area contributed by atoms with Gasteiger partial charge in [0.15, 0.2) is 0 Å². The minimum atomic E-state index is -0.711. The van der Waals surface area contributed by atoms with Gasteiger partial charge in [0.2, 0.25) is 0 Å². The third-order valence-corrected chi connectivity index (χ3v) is 6.54. The number of methoxy groups -OCH3 is 2. The number of nitrogens with zero attached hydrogens (tertiary/aromatic N) is 1. The van der Waals surface area contributed by atoms with Gasteiger partial charge in [-0.25, -0.2) is 0 Å². The lowest BCUT2D eigenvalue weighted by atomic mass is 9.97. The molecule has 1 unspecified atom stereocenters. The topological polar surface area (TPSA) is 76.1 Å². The summed E-state index contributed by atoms with van der Waals surface area (Å²) in [6.07, 6.45) is 1.63. The molecule has 8 heteroatoms. The normalized spacial score (nSPS) is 18.2. The van der Waals surface area contributed by atoms with Gasteiger partial charge in [0.05, 0.1) is 36.4 Å². The van der Waals surface area contributed by atoms with Crippen molar-refractivity contribution in [2.75, 3.05) is 20.8 Å². The number of carbonyl (C=O) groups excluding carboxylic acids is 2. The number of aliphatic hydroxyl groups is 1. The molecule has 2 aromatic rings. The quantitative estimate of drug-likeness (QED) is 0.367. The Kier molecular flexibility index (Phi) is 6.73. The number of hydrogen-bond acceptors (Lipinski definition) is 6. The summed E-state index contributed by atoms with van der Waals surface area (Å²) in [5.41, 5.74) is 1.25. The van der Waals surface area contributed by atoms with Crippen LogP contribution in [0.5, 0.6) is 11.5 Å². The Hall–Kier alpha value is -2.51. The van der Waals surface area contributed by atoms with Crippen LogP contribution < -0.4 is 9.47 Å². The number of likely N-dealkylation sites (tertiary alicyclic amines) is 1. The number of amides is 1. The largest absolute Gasteiger partial charge is 0.507 e. The zero-order valence-corrected chi connectivity index (χ0v) is 18.9. The maximum absolute atomic E-state index is 13.0. The van der Waals surface area contributed by atoms with E-state index < -0.39 is 17.7 Å². The fourth-order valence-corrected chi connectivity index (χ4v) is 4.84. The minimum absolute atomic E-state index is 0.0457. The number of Topliss-reactive ketones (excluding diaryl/α,β-unsaturated/α-hetero) is 1. The number of carbonyl (C=O) groups is 2. The van der Waals surface area contributed by atoms with E-state index >= 15 is 0 Å². The zero-order chi connectivity index (χ0) is 22.0. The lowest BCUT2D eigenvalue weighted by Crippen LogP contribution is -2.30. The fourth-order valence-electron chi connectivity index (χ4n) is 3.57. The standard InChI is InChI=1S/C22H24ClNO5S/c1-5-6-8-24-18(21-12(2)7-9-30-21)17(20(26)22(24)27)19(25)13-10-16(29-4)14(23)11-15(13)28-3/h7,9-11,18,25H,5-6,8H2,1-4H3/b19-17+. The average molecular weight is 450 g/mol. The van der Waals surface area contributed by atoms with Crippen molar-refractivity contribution in [2.45, 2.75) is 32.7 Å². The molecule has 30 heavy (non-hydrogen) atoms. The third-order valence-electron chi connectivity index (χ3n) is 5.17. The van der Waals surface area contributed by atoms with Crippen LogP contribution in [0.25, 0.3) is 5.76 Å². The van der Waals surface area contributed by atoms with E-state index in [2.05, 4.69) is 0 Å². The summed E-state index contributed by atoms with van der Waals surface area (Å²) in [6, 6.07) is 4.30. The van der Waals surface area contributed by atoms with Crippen molar-refractivity contribution < 1.29 is 24.2 Å². The predicted octanol–water partition coefficient (Wildman–Crippen LogP) is 4.95. The van der Waals surface area contributed by atoms with E-state index in [9.17, 15) is 14.7 Å². The lowest BCUT2D eigenvalue weighted by Gasteiger charge is -2.25. The van der Waals surface area contributed by atoms with Crippen LogP contribution in [0.15, 0.2) is 29.2 Å². The van der Waals surface area contributed by atoms with Crippen molar-refractivity contribution in [3.63, 3.8) is 0 Å². The Morgan fingerprint density at radius 1 is 1.23 bits per heavy atom. The van der Waals surface area contributed by atoms with Crippen LogP contribution in [-0.2, 0) is 9.59 Å². The Morgan fingerprint density at radius 3 is 2.50 bits per heavy atom. The maximum atomic E-state index is 13.0. The highest BCUT2D eigenvalue weighted by molar-refractivity contribution is 7.10. The van der Waals surface area contributed by atoms with Gasteiger partial charge in [0, 0.05) is 17.5 Å². The molecule has 1 aromatic carbocycles. The molecule has 0 spiro atoms. The minimum Gasteiger partial charge on any atom is -0.507 e. The molecular formula is C22H24ClNO5S. The first-order valence-corrected chi connectivity index (χ1v) is 10.9. The number of aryl methyl sites for hydroxylation is 1. The second-order valence-electron chi connectivity index (χ2n) is 7.00. The Bertz CT molecular complexity index is 1010. The van der Waals surface area contributed by atoms with Gasteiger partial charge in [-0.15, -0.1) is 11.3 Å². The van der Waals surface area contributed by atoms with Crippen LogP contribution in [0.4, 0.5) is 0 Å². The van der Waals surface area contributed by atoms with Crippen LogP contribution in [0.3, 0.4) is 0 Å². The molecular weight excluding hydrogens is 426 g/mol. The molecule has 1 fully saturated rings. The highest BCUT2D eigenvalue weighted by Crippen LogP contribution is 2.45. The van der Waals surface area contributed by atoms with Gasteiger partial charge in [-0.2, -0.15) is 0 Å².